The number of benzene rings is 2. The number of nitrogens with one attached hydrogen (secondary N) is 1. The number of nitrogens with zero attached hydrogens (tertiary/aromatic N) is 2. The topological polar surface area (TPSA) is 101 Å². The Kier molecular flexibility index (Phi) is 7.75. The zero-order valence-corrected chi connectivity index (χ0v) is 18.2. The number of halogens is 1. The van der Waals surface area contributed by atoms with Gasteiger partial charge in [0.25, 0.3) is 5.91 Å². The fraction of sp³-hybridized carbons (Fsp3) is 0.182. The van der Waals surface area contributed by atoms with E-state index in [2.05, 4.69) is 15.5 Å². The number of carbonyl (C=O) groups excluding carboxylic acids is 1. The van der Waals surface area contributed by atoms with Gasteiger partial charge in [-0.1, -0.05) is 64.9 Å². The predicted octanol–water partition coefficient (Wildman–Crippen LogP) is 4.37. The standard InChI is InChI=1S/C22H20ClN3O4S/c1-14-2-4-16(5-3-14)13-24-20(29)22-26-25-21(31-22)18(23)12-15-6-8-17(9-7-15)30-11-10-19(27)28/h2-9,12H,10-11,13H2,1H3,(H,24,29)(H,27,28)/b18-12-. The first-order valence-electron chi connectivity index (χ1n) is 9.40. The molecule has 1 aromatic heterocycles. The number of aromatic nitrogens is 2. The molecule has 0 fully saturated rings. The molecule has 31 heavy (non-hydrogen) atoms. The van der Waals surface area contributed by atoms with Crippen molar-refractivity contribution in [3.05, 3.63) is 75.2 Å². The summed E-state index contributed by atoms with van der Waals surface area (Å²) in [6, 6.07) is 14.9. The molecule has 2 N–H and O–H groups in total. The smallest absolute Gasteiger partial charge is 0.306 e. The van der Waals surface area contributed by atoms with E-state index >= 15 is 0 Å². The van der Waals surface area contributed by atoms with Crippen LogP contribution in [0.4, 0.5) is 0 Å². The lowest BCUT2D eigenvalue weighted by molar-refractivity contribution is -0.137. The van der Waals surface area contributed by atoms with Crippen LogP contribution in [0.1, 0.15) is 37.9 Å². The van der Waals surface area contributed by atoms with Crippen molar-refractivity contribution in [2.24, 2.45) is 0 Å². The van der Waals surface area contributed by atoms with Crippen molar-refractivity contribution in [3.63, 3.8) is 0 Å². The molecule has 0 aliphatic carbocycles. The van der Waals surface area contributed by atoms with Gasteiger partial charge >= 0.3 is 5.97 Å². The molecule has 160 valence electrons. The number of hydrogen-bond acceptors (Lipinski definition) is 6. The maximum absolute atomic E-state index is 12.3. The van der Waals surface area contributed by atoms with Crippen LogP contribution >= 0.6 is 22.9 Å². The van der Waals surface area contributed by atoms with Crippen LogP contribution in [0, 0.1) is 6.92 Å². The van der Waals surface area contributed by atoms with Crippen LogP contribution in [-0.4, -0.2) is 33.8 Å². The lowest BCUT2D eigenvalue weighted by Gasteiger charge is -2.04. The van der Waals surface area contributed by atoms with Crippen molar-refractivity contribution in [1.29, 1.82) is 0 Å². The van der Waals surface area contributed by atoms with Gasteiger partial charge in [-0.2, -0.15) is 0 Å². The van der Waals surface area contributed by atoms with E-state index in [0.29, 0.717) is 22.3 Å². The lowest BCUT2D eigenvalue weighted by Crippen LogP contribution is -2.22. The minimum atomic E-state index is -0.911. The molecule has 7 nitrogen and oxygen atoms in total. The highest BCUT2D eigenvalue weighted by atomic mass is 35.5. The summed E-state index contributed by atoms with van der Waals surface area (Å²) in [5.74, 6) is -0.652. The minimum Gasteiger partial charge on any atom is -0.493 e. The number of carboxylic acid groups (broad SMARTS) is 1. The van der Waals surface area contributed by atoms with Crippen LogP contribution in [0.15, 0.2) is 48.5 Å². The average Bonchev–Trinajstić information content (AvgIpc) is 3.25. The summed E-state index contributed by atoms with van der Waals surface area (Å²) in [4.78, 5) is 22.8. The van der Waals surface area contributed by atoms with Gasteiger partial charge in [-0.3, -0.25) is 9.59 Å². The van der Waals surface area contributed by atoms with E-state index in [-0.39, 0.29) is 23.9 Å². The summed E-state index contributed by atoms with van der Waals surface area (Å²) < 4.78 is 5.35. The third kappa shape index (κ3) is 6.91. The first-order chi connectivity index (χ1) is 14.9. The first-order valence-corrected chi connectivity index (χ1v) is 10.6. The largest absolute Gasteiger partial charge is 0.493 e. The summed E-state index contributed by atoms with van der Waals surface area (Å²) in [5.41, 5.74) is 2.96. The summed E-state index contributed by atoms with van der Waals surface area (Å²) in [5, 5.41) is 20.4. The number of carboxylic acids is 1. The van der Waals surface area contributed by atoms with E-state index in [1.165, 1.54) is 0 Å². The van der Waals surface area contributed by atoms with E-state index in [4.69, 9.17) is 21.4 Å². The van der Waals surface area contributed by atoms with Crippen LogP contribution in [0.2, 0.25) is 0 Å². The van der Waals surface area contributed by atoms with Crippen LogP contribution in [0.5, 0.6) is 5.75 Å². The summed E-state index contributed by atoms with van der Waals surface area (Å²) >= 11 is 7.45. The Morgan fingerprint density at radius 2 is 1.77 bits per heavy atom. The van der Waals surface area contributed by atoms with Crippen molar-refractivity contribution in [2.75, 3.05) is 6.61 Å². The number of aliphatic carboxylic acids is 1. The molecular weight excluding hydrogens is 438 g/mol. The Bertz CT molecular complexity index is 1080. The second kappa shape index (κ2) is 10.7. The summed E-state index contributed by atoms with van der Waals surface area (Å²) in [6.07, 6.45) is 1.64. The monoisotopic (exact) mass is 457 g/mol. The molecular formula is C22H20ClN3O4S. The van der Waals surface area contributed by atoms with Gasteiger partial charge in [-0.25, -0.2) is 0 Å². The molecule has 0 unspecified atom stereocenters. The zero-order chi connectivity index (χ0) is 22.2. The third-order valence-corrected chi connectivity index (χ3v) is 5.51. The Morgan fingerprint density at radius 1 is 1.10 bits per heavy atom. The van der Waals surface area contributed by atoms with E-state index in [0.717, 1.165) is 28.0 Å². The van der Waals surface area contributed by atoms with Crippen LogP contribution < -0.4 is 10.1 Å². The maximum atomic E-state index is 12.3. The van der Waals surface area contributed by atoms with E-state index < -0.39 is 5.97 Å². The highest BCUT2D eigenvalue weighted by Crippen LogP contribution is 2.26. The quantitative estimate of drug-likeness (QED) is 0.494. The van der Waals surface area contributed by atoms with Gasteiger partial charge in [-0.05, 0) is 36.3 Å². The van der Waals surface area contributed by atoms with Gasteiger partial charge in [-0.15, -0.1) is 10.2 Å². The molecule has 3 rings (SSSR count). The van der Waals surface area contributed by atoms with E-state index in [9.17, 15) is 9.59 Å². The van der Waals surface area contributed by atoms with Gasteiger partial charge in [0.05, 0.1) is 18.1 Å². The Balaban J connectivity index is 1.57. The van der Waals surface area contributed by atoms with Crippen molar-refractivity contribution < 1.29 is 19.4 Å². The molecule has 0 spiro atoms. The molecule has 0 saturated heterocycles. The Morgan fingerprint density at radius 3 is 2.45 bits per heavy atom. The van der Waals surface area contributed by atoms with Gasteiger partial charge in [0.1, 0.15) is 5.75 Å². The molecule has 3 aromatic rings. The molecule has 0 aliphatic heterocycles. The first kappa shape index (κ1) is 22.5. The number of rotatable bonds is 9. The van der Waals surface area contributed by atoms with Gasteiger partial charge in [0, 0.05) is 6.54 Å². The number of amides is 1. The molecule has 0 bridgehead atoms. The van der Waals surface area contributed by atoms with Crippen molar-refractivity contribution >= 4 is 45.9 Å². The SMILES string of the molecule is Cc1ccc(CNC(=O)c2nnc(/C(Cl)=C/c3ccc(OCCC(=O)O)cc3)s2)cc1. The van der Waals surface area contributed by atoms with Crippen LogP contribution in [0.3, 0.4) is 0 Å². The molecule has 0 radical (unpaired) electrons. The minimum absolute atomic E-state index is 0.0640. The molecule has 1 amide bonds. The normalized spacial score (nSPS) is 11.2. The molecule has 0 aliphatic rings. The lowest BCUT2D eigenvalue weighted by atomic mass is 10.1. The van der Waals surface area contributed by atoms with Crippen LogP contribution in [-0.2, 0) is 11.3 Å². The molecule has 9 heteroatoms. The Labute approximate surface area is 188 Å². The summed E-state index contributed by atoms with van der Waals surface area (Å²) in [7, 11) is 0. The fourth-order valence-electron chi connectivity index (χ4n) is 2.50. The number of carbonyl (C=O) groups is 2. The predicted molar refractivity (Wildman–Crippen MR) is 120 cm³/mol. The van der Waals surface area contributed by atoms with Gasteiger partial charge < -0.3 is 15.2 Å². The summed E-state index contributed by atoms with van der Waals surface area (Å²) in [6.45, 7) is 2.51. The Hall–Kier alpha value is -3.23. The van der Waals surface area contributed by atoms with Crippen molar-refractivity contribution in [1.82, 2.24) is 15.5 Å². The van der Waals surface area contributed by atoms with Crippen molar-refractivity contribution in [3.8, 4) is 5.75 Å². The van der Waals surface area contributed by atoms with E-state index in [1.54, 1.807) is 30.3 Å². The zero-order valence-electron chi connectivity index (χ0n) is 16.7. The van der Waals surface area contributed by atoms with Gasteiger partial charge in [0.15, 0.2) is 5.01 Å². The molecule has 1 heterocycles. The van der Waals surface area contributed by atoms with Crippen LogP contribution in [0.25, 0.3) is 11.1 Å². The molecule has 2 aromatic carbocycles. The number of hydrogen-bond donors (Lipinski definition) is 2. The third-order valence-electron chi connectivity index (χ3n) is 4.16. The van der Waals surface area contributed by atoms with Gasteiger partial charge in [0.2, 0.25) is 5.01 Å². The number of aryl methyl sites for hydroxylation is 1. The maximum Gasteiger partial charge on any atom is 0.306 e. The average molecular weight is 458 g/mol. The molecule has 0 saturated carbocycles. The highest BCUT2D eigenvalue weighted by Gasteiger charge is 2.14. The van der Waals surface area contributed by atoms with Crippen molar-refractivity contribution in [2.45, 2.75) is 19.9 Å². The van der Waals surface area contributed by atoms with E-state index in [1.807, 2.05) is 31.2 Å². The number of ether oxygens (including phenoxy) is 1. The molecule has 0 atom stereocenters. The second-order valence-electron chi connectivity index (χ2n) is 6.63. The second-order valence-corrected chi connectivity index (χ2v) is 8.02. The fourth-order valence-corrected chi connectivity index (χ4v) is 3.45. The highest BCUT2D eigenvalue weighted by molar-refractivity contribution is 7.15.